The monoisotopic (exact) mass is 355 g/mol. The molecule has 1 amide bonds. The van der Waals surface area contributed by atoms with E-state index in [0.717, 1.165) is 23.1 Å². The first-order valence-electron chi connectivity index (χ1n) is 8.06. The van der Waals surface area contributed by atoms with Crippen LogP contribution in [0.3, 0.4) is 0 Å². The zero-order chi connectivity index (χ0) is 17.6. The number of aromatic amines is 1. The number of benzene rings is 1. The summed E-state index contributed by atoms with van der Waals surface area (Å²) in [6.45, 7) is 3.52. The Hall–Kier alpha value is -2.74. The number of nitrogens with zero attached hydrogens (tertiary/aromatic N) is 3. The number of H-pyrrole nitrogens is 1. The molecule has 1 saturated carbocycles. The van der Waals surface area contributed by atoms with Gasteiger partial charge in [0, 0.05) is 11.6 Å². The van der Waals surface area contributed by atoms with E-state index in [2.05, 4.69) is 20.6 Å². The molecule has 8 heteroatoms. The Morgan fingerprint density at radius 2 is 2.16 bits per heavy atom. The van der Waals surface area contributed by atoms with Crippen molar-refractivity contribution >= 4 is 33.2 Å². The van der Waals surface area contributed by atoms with Gasteiger partial charge in [-0.1, -0.05) is 23.5 Å². The molecular formula is C17H17N5O2S. The van der Waals surface area contributed by atoms with E-state index < -0.39 is 0 Å². The number of amides is 1. The first kappa shape index (κ1) is 15.8. The van der Waals surface area contributed by atoms with Crippen molar-refractivity contribution in [3.05, 3.63) is 45.9 Å². The van der Waals surface area contributed by atoms with Crippen LogP contribution in [0.15, 0.2) is 34.2 Å². The standard InChI is InChI=1S/C17H17N5O2S/c1-9(19-20-15(23)11-7-8-11)14-10(2)21-22(16(14)24)17-18-12-5-3-4-6-13(12)25-17/h3-6,11,21H,7-8H2,1-2H3,(H,20,23)/b19-9-. The summed E-state index contributed by atoms with van der Waals surface area (Å²) in [5.41, 5.74) is 4.79. The van der Waals surface area contributed by atoms with E-state index in [1.54, 1.807) is 6.92 Å². The molecule has 1 fully saturated rings. The van der Waals surface area contributed by atoms with Gasteiger partial charge < -0.3 is 0 Å². The average Bonchev–Trinajstić information content (AvgIpc) is 3.29. The number of fused-ring (bicyclic) bond motifs is 1. The second-order valence-electron chi connectivity index (χ2n) is 6.16. The molecular weight excluding hydrogens is 338 g/mol. The number of hydrogen-bond acceptors (Lipinski definition) is 5. The van der Waals surface area contributed by atoms with Crippen molar-refractivity contribution in [2.75, 3.05) is 0 Å². The predicted octanol–water partition coefficient (Wildman–Crippen LogP) is 2.33. The number of para-hydroxylation sites is 1. The van der Waals surface area contributed by atoms with E-state index >= 15 is 0 Å². The van der Waals surface area contributed by atoms with Gasteiger partial charge in [-0.3, -0.25) is 14.7 Å². The normalized spacial score (nSPS) is 14.9. The fourth-order valence-electron chi connectivity index (χ4n) is 2.69. The van der Waals surface area contributed by atoms with E-state index in [0.29, 0.717) is 22.1 Å². The third-order valence-corrected chi connectivity index (χ3v) is 5.21. The van der Waals surface area contributed by atoms with Crippen LogP contribution in [-0.2, 0) is 4.79 Å². The van der Waals surface area contributed by atoms with E-state index in [-0.39, 0.29) is 17.4 Å². The summed E-state index contributed by atoms with van der Waals surface area (Å²) in [6, 6.07) is 7.74. The van der Waals surface area contributed by atoms with Gasteiger partial charge in [0.2, 0.25) is 11.0 Å². The molecule has 0 aliphatic heterocycles. The van der Waals surface area contributed by atoms with Crippen molar-refractivity contribution in [2.45, 2.75) is 26.7 Å². The van der Waals surface area contributed by atoms with Crippen LogP contribution in [0.4, 0.5) is 0 Å². The SMILES string of the molecule is C/C(=N/NC(=O)C1CC1)c1c(C)[nH]n(-c2nc3ccccc3s2)c1=O. The molecule has 128 valence electrons. The van der Waals surface area contributed by atoms with Gasteiger partial charge in [0.05, 0.1) is 21.5 Å². The second kappa shape index (κ2) is 5.96. The third-order valence-electron chi connectivity index (χ3n) is 4.19. The molecule has 0 bridgehead atoms. The number of aryl methyl sites for hydroxylation is 1. The molecule has 2 N–H and O–H groups in total. The maximum atomic E-state index is 12.8. The van der Waals surface area contributed by atoms with Crippen molar-refractivity contribution in [1.29, 1.82) is 0 Å². The Bertz CT molecular complexity index is 1020. The Balaban J connectivity index is 1.69. The highest BCUT2D eigenvalue weighted by atomic mass is 32.1. The van der Waals surface area contributed by atoms with Gasteiger partial charge in [-0.25, -0.2) is 10.4 Å². The number of thiazole rings is 1. The molecule has 1 aliphatic carbocycles. The van der Waals surface area contributed by atoms with Crippen molar-refractivity contribution in [3.63, 3.8) is 0 Å². The van der Waals surface area contributed by atoms with Crippen LogP contribution < -0.4 is 11.0 Å². The quantitative estimate of drug-likeness (QED) is 0.556. The fourth-order valence-corrected chi connectivity index (χ4v) is 3.62. The van der Waals surface area contributed by atoms with Crippen LogP contribution in [0.5, 0.6) is 0 Å². The predicted molar refractivity (Wildman–Crippen MR) is 97.4 cm³/mol. The second-order valence-corrected chi connectivity index (χ2v) is 7.17. The van der Waals surface area contributed by atoms with Crippen molar-refractivity contribution < 1.29 is 4.79 Å². The molecule has 3 aromatic rings. The fraction of sp³-hybridized carbons (Fsp3) is 0.294. The summed E-state index contributed by atoms with van der Waals surface area (Å²) in [4.78, 5) is 29.0. The number of nitrogens with one attached hydrogen (secondary N) is 2. The first-order chi connectivity index (χ1) is 12.0. The summed E-state index contributed by atoms with van der Waals surface area (Å²) >= 11 is 1.44. The average molecular weight is 355 g/mol. The number of hydrogen-bond donors (Lipinski definition) is 2. The lowest BCUT2D eigenvalue weighted by Gasteiger charge is -1.99. The van der Waals surface area contributed by atoms with Crippen LogP contribution in [0, 0.1) is 12.8 Å². The molecule has 25 heavy (non-hydrogen) atoms. The lowest BCUT2D eigenvalue weighted by Crippen LogP contribution is -2.24. The molecule has 0 saturated heterocycles. The largest absolute Gasteiger partial charge is 0.293 e. The van der Waals surface area contributed by atoms with Crippen molar-refractivity contribution in [3.8, 4) is 5.13 Å². The van der Waals surface area contributed by atoms with Gasteiger partial charge in [-0.05, 0) is 38.8 Å². The molecule has 1 aromatic carbocycles. The molecule has 0 spiro atoms. The van der Waals surface area contributed by atoms with E-state index in [9.17, 15) is 9.59 Å². The van der Waals surface area contributed by atoms with E-state index in [1.165, 1.54) is 16.0 Å². The minimum Gasteiger partial charge on any atom is -0.293 e. The van der Waals surface area contributed by atoms with Crippen molar-refractivity contribution in [2.24, 2.45) is 11.0 Å². The van der Waals surface area contributed by atoms with Crippen LogP contribution in [0.25, 0.3) is 15.3 Å². The molecule has 2 aromatic heterocycles. The van der Waals surface area contributed by atoms with Crippen LogP contribution >= 0.6 is 11.3 Å². The van der Waals surface area contributed by atoms with Gasteiger partial charge in [0.1, 0.15) is 0 Å². The smallest absolute Gasteiger partial charge is 0.282 e. The zero-order valence-electron chi connectivity index (χ0n) is 13.9. The zero-order valence-corrected chi connectivity index (χ0v) is 14.7. The van der Waals surface area contributed by atoms with Gasteiger partial charge in [-0.15, -0.1) is 0 Å². The molecule has 4 rings (SSSR count). The molecule has 0 atom stereocenters. The minimum atomic E-state index is -0.224. The lowest BCUT2D eigenvalue weighted by molar-refractivity contribution is -0.122. The highest BCUT2D eigenvalue weighted by Crippen LogP contribution is 2.28. The number of carbonyl (C=O) groups excluding carboxylic acids is 1. The number of aromatic nitrogens is 3. The van der Waals surface area contributed by atoms with Crippen LogP contribution in [0.1, 0.15) is 31.0 Å². The maximum Gasteiger partial charge on any atom is 0.282 e. The van der Waals surface area contributed by atoms with Crippen molar-refractivity contribution in [1.82, 2.24) is 20.2 Å². The summed E-state index contributed by atoms with van der Waals surface area (Å²) in [5, 5.41) is 7.73. The van der Waals surface area contributed by atoms with E-state index in [4.69, 9.17) is 0 Å². The maximum absolute atomic E-state index is 12.8. The Labute approximate surface area is 147 Å². The summed E-state index contributed by atoms with van der Waals surface area (Å²) in [5.74, 6) is -0.0117. The Kier molecular flexibility index (Phi) is 3.76. The Morgan fingerprint density at radius 3 is 2.88 bits per heavy atom. The summed E-state index contributed by atoms with van der Waals surface area (Å²) in [7, 11) is 0. The lowest BCUT2D eigenvalue weighted by atomic mass is 10.2. The molecule has 0 unspecified atom stereocenters. The summed E-state index contributed by atoms with van der Waals surface area (Å²) < 4.78 is 2.44. The highest BCUT2D eigenvalue weighted by molar-refractivity contribution is 7.20. The van der Waals surface area contributed by atoms with Gasteiger partial charge >= 0.3 is 0 Å². The number of hydrazone groups is 1. The highest BCUT2D eigenvalue weighted by Gasteiger charge is 2.29. The number of rotatable bonds is 4. The van der Waals surface area contributed by atoms with Gasteiger partial charge in [0.15, 0.2) is 0 Å². The third kappa shape index (κ3) is 2.89. The molecule has 0 radical (unpaired) electrons. The van der Waals surface area contributed by atoms with E-state index in [1.807, 2.05) is 31.2 Å². The number of carbonyl (C=O) groups is 1. The van der Waals surface area contributed by atoms with Crippen LogP contribution in [0.2, 0.25) is 0 Å². The molecule has 2 heterocycles. The minimum absolute atomic E-state index is 0.0725. The topological polar surface area (TPSA) is 92.1 Å². The van der Waals surface area contributed by atoms with Crippen LogP contribution in [-0.4, -0.2) is 26.4 Å². The van der Waals surface area contributed by atoms with Gasteiger partial charge in [-0.2, -0.15) is 9.78 Å². The molecule has 1 aliphatic rings. The van der Waals surface area contributed by atoms with Gasteiger partial charge in [0.25, 0.3) is 5.56 Å². The first-order valence-corrected chi connectivity index (χ1v) is 8.88. The molecule has 7 nitrogen and oxygen atoms in total. The summed E-state index contributed by atoms with van der Waals surface area (Å²) in [6.07, 6.45) is 1.82. The Morgan fingerprint density at radius 1 is 1.40 bits per heavy atom.